The molecule has 0 unspecified atom stereocenters. The number of aromatic nitrogens is 1. The molecule has 1 heterocycles. The second-order valence-electron chi connectivity index (χ2n) is 4.83. The summed E-state index contributed by atoms with van der Waals surface area (Å²) in [6, 6.07) is 7.15. The van der Waals surface area contributed by atoms with Crippen molar-refractivity contribution < 1.29 is 12.9 Å². The first-order valence-electron chi connectivity index (χ1n) is 6.63. The van der Waals surface area contributed by atoms with Crippen LogP contribution in [-0.4, -0.2) is 24.4 Å². The molecular weight excluding hydrogens is 290 g/mol. The Labute approximate surface area is 124 Å². The lowest BCUT2D eigenvalue weighted by Crippen LogP contribution is -2.31. The summed E-state index contributed by atoms with van der Waals surface area (Å²) < 4.78 is 31.8. The van der Waals surface area contributed by atoms with E-state index in [4.69, 9.17) is 10.3 Å². The van der Waals surface area contributed by atoms with Gasteiger partial charge in [0.25, 0.3) is 0 Å². The monoisotopic (exact) mass is 309 g/mol. The number of aryl methyl sites for hydroxylation is 2. The highest BCUT2D eigenvalue weighted by Gasteiger charge is 2.30. The Morgan fingerprint density at radius 1 is 1.24 bits per heavy atom. The number of nitrogen functional groups attached to an aromatic ring is 1. The maximum absolute atomic E-state index is 12.7. The van der Waals surface area contributed by atoms with E-state index in [1.165, 1.54) is 4.31 Å². The Kier molecular flexibility index (Phi) is 4.34. The largest absolute Gasteiger partial charge is 0.399 e. The van der Waals surface area contributed by atoms with Gasteiger partial charge in [0.05, 0.1) is 0 Å². The molecule has 0 bridgehead atoms. The summed E-state index contributed by atoms with van der Waals surface area (Å²) in [5, 5.41) is 3.72. The van der Waals surface area contributed by atoms with Crippen molar-refractivity contribution in [1.82, 2.24) is 9.46 Å². The van der Waals surface area contributed by atoms with Crippen LogP contribution in [0.1, 0.15) is 23.9 Å². The van der Waals surface area contributed by atoms with Crippen molar-refractivity contribution in [2.24, 2.45) is 0 Å². The van der Waals surface area contributed by atoms with Gasteiger partial charge in [-0.2, -0.15) is 4.31 Å². The Balaban J connectivity index is 2.34. The zero-order valence-electron chi connectivity index (χ0n) is 12.3. The molecule has 114 valence electrons. The average Bonchev–Trinajstić information content (AvgIpc) is 2.77. The molecule has 0 amide bonds. The Morgan fingerprint density at radius 3 is 2.33 bits per heavy atom. The highest BCUT2D eigenvalue weighted by molar-refractivity contribution is 7.89. The van der Waals surface area contributed by atoms with Crippen molar-refractivity contribution in [3.05, 3.63) is 41.3 Å². The van der Waals surface area contributed by atoms with Crippen molar-refractivity contribution >= 4 is 15.7 Å². The highest BCUT2D eigenvalue weighted by atomic mass is 32.2. The van der Waals surface area contributed by atoms with Gasteiger partial charge in [0, 0.05) is 18.8 Å². The number of benzene rings is 1. The molecule has 0 fully saturated rings. The molecule has 7 heteroatoms. The number of nitrogens with zero attached hydrogens (tertiary/aromatic N) is 2. The van der Waals surface area contributed by atoms with Gasteiger partial charge in [0.15, 0.2) is 5.76 Å². The van der Waals surface area contributed by atoms with Crippen molar-refractivity contribution in [3.63, 3.8) is 0 Å². The van der Waals surface area contributed by atoms with Crippen LogP contribution in [0.5, 0.6) is 0 Å². The van der Waals surface area contributed by atoms with E-state index in [9.17, 15) is 8.42 Å². The normalized spacial score (nSPS) is 12.0. The molecule has 1 aromatic carbocycles. The van der Waals surface area contributed by atoms with Crippen LogP contribution in [0.2, 0.25) is 0 Å². The molecule has 0 aliphatic rings. The van der Waals surface area contributed by atoms with E-state index in [-0.39, 0.29) is 11.4 Å². The molecule has 6 nitrogen and oxygen atoms in total. The van der Waals surface area contributed by atoms with Crippen LogP contribution >= 0.6 is 0 Å². The first kappa shape index (κ1) is 15.5. The average molecular weight is 309 g/mol. The van der Waals surface area contributed by atoms with Crippen molar-refractivity contribution in [2.75, 3.05) is 12.3 Å². The van der Waals surface area contributed by atoms with Crippen molar-refractivity contribution in [2.45, 2.75) is 32.2 Å². The fourth-order valence-electron chi connectivity index (χ4n) is 2.17. The fraction of sp³-hybridized carbons (Fsp3) is 0.357. The lowest BCUT2D eigenvalue weighted by Gasteiger charge is -2.20. The zero-order chi connectivity index (χ0) is 15.6. The number of rotatable bonds is 5. The van der Waals surface area contributed by atoms with E-state index in [0.29, 0.717) is 23.7 Å². The first-order chi connectivity index (χ1) is 9.86. The molecule has 2 N–H and O–H groups in total. The summed E-state index contributed by atoms with van der Waals surface area (Å²) in [6.07, 6.45) is 0. The fourth-order valence-corrected chi connectivity index (χ4v) is 3.89. The van der Waals surface area contributed by atoms with Gasteiger partial charge in [-0.3, -0.25) is 0 Å². The molecule has 0 saturated carbocycles. The quantitative estimate of drug-likeness (QED) is 0.854. The molecule has 0 atom stereocenters. The predicted molar refractivity (Wildman–Crippen MR) is 80.1 cm³/mol. The third kappa shape index (κ3) is 3.08. The number of hydrogen-bond acceptors (Lipinski definition) is 5. The van der Waals surface area contributed by atoms with E-state index in [1.807, 2.05) is 12.1 Å². The molecule has 0 aliphatic carbocycles. The Bertz CT molecular complexity index is 701. The standard InChI is InChI=1S/C14H19N3O3S/c1-4-17(9-12-5-7-13(15)8-6-12)21(18,19)14-10(2)16-20-11(14)3/h5-8H,4,9,15H2,1-3H3. The lowest BCUT2D eigenvalue weighted by atomic mass is 10.2. The summed E-state index contributed by atoms with van der Waals surface area (Å²) in [7, 11) is -3.63. The first-order valence-corrected chi connectivity index (χ1v) is 8.07. The minimum absolute atomic E-state index is 0.153. The Morgan fingerprint density at radius 2 is 1.86 bits per heavy atom. The molecule has 2 aromatic rings. The van der Waals surface area contributed by atoms with Crippen LogP contribution in [0, 0.1) is 13.8 Å². The third-order valence-electron chi connectivity index (χ3n) is 3.26. The molecular formula is C14H19N3O3S. The third-order valence-corrected chi connectivity index (χ3v) is 5.42. The second kappa shape index (κ2) is 5.87. The second-order valence-corrected chi connectivity index (χ2v) is 6.70. The predicted octanol–water partition coefficient (Wildman–Crippen LogP) is 2.08. The topological polar surface area (TPSA) is 89.4 Å². The van der Waals surface area contributed by atoms with Crippen LogP contribution in [0.4, 0.5) is 5.69 Å². The van der Waals surface area contributed by atoms with E-state index in [2.05, 4.69) is 5.16 Å². The van der Waals surface area contributed by atoms with E-state index >= 15 is 0 Å². The maximum atomic E-state index is 12.7. The van der Waals surface area contributed by atoms with Gasteiger partial charge in [-0.05, 0) is 31.5 Å². The summed E-state index contributed by atoms with van der Waals surface area (Å²) in [6.45, 7) is 5.66. The van der Waals surface area contributed by atoms with Gasteiger partial charge < -0.3 is 10.3 Å². The lowest BCUT2D eigenvalue weighted by molar-refractivity contribution is 0.388. The summed E-state index contributed by atoms with van der Waals surface area (Å²) >= 11 is 0. The SMILES string of the molecule is CCN(Cc1ccc(N)cc1)S(=O)(=O)c1c(C)noc1C. The van der Waals surface area contributed by atoms with E-state index in [0.717, 1.165) is 5.56 Å². The smallest absolute Gasteiger partial charge is 0.248 e. The van der Waals surface area contributed by atoms with Gasteiger partial charge in [-0.25, -0.2) is 8.42 Å². The van der Waals surface area contributed by atoms with Crippen LogP contribution in [0.3, 0.4) is 0 Å². The van der Waals surface area contributed by atoms with Gasteiger partial charge in [-0.1, -0.05) is 24.2 Å². The van der Waals surface area contributed by atoms with Crippen molar-refractivity contribution in [1.29, 1.82) is 0 Å². The maximum Gasteiger partial charge on any atom is 0.248 e. The molecule has 21 heavy (non-hydrogen) atoms. The summed E-state index contributed by atoms with van der Waals surface area (Å²) in [5.74, 6) is 0.309. The zero-order valence-corrected chi connectivity index (χ0v) is 13.1. The molecule has 0 saturated heterocycles. The van der Waals surface area contributed by atoms with E-state index < -0.39 is 10.0 Å². The number of anilines is 1. The number of nitrogens with two attached hydrogens (primary N) is 1. The number of sulfonamides is 1. The summed E-state index contributed by atoms with van der Waals surface area (Å²) in [5.41, 5.74) is 7.54. The van der Waals surface area contributed by atoms with Crippen LogP contribution in [-0.2, 0) is 16.6 Å². The minimum Gasteiger partial charge on any atom is -0.399 e. The van der Waals surface area contributed by atoms with Crippen molar-refractivity contribution in [3.8, 4) is 0 Å². The van der Waals surface area contributed by atoms with E-state index in [1.54, 1.807) is 32.9 Å². The van der Waals surface area contributed by atoms with Gasteiger partial charge in [0.1, 0.15) is 10.6 Å². The molecule has 2 rings (SSSR count). The molecule has 0 spiro atoms. The van der Waals surface area contributed by atoms with Crippen LogP contribution in [0.15, 0.2) is 33.7 Å². The van der Waals surface area contributed by atoms with Gasteiger partial charge in [0.2, 0.25) is 10.0 Å². The van der Waals surface area contributed by atoms with Gasteiger partial charge in [-0.15, -0.1) is 0 Å². The number of hydrogen-bond donors (Lipinski definition) is 1. The Hall–Kier alpha value is -1.86. The molecule has 1 aromatic heterocycles. The minimum atomic E-state index is -3.63. The van der Waals surface area contributed by atoms with Gasteiger partial charge >= 0.3 is 0 Å². The molecule has 0 aliphatic heterocycles. The summed E-state index contributed by atoms with van der Waals surface area (Å²) in [4.78, 5) is 0.153. The van der Waals surface area contributed by atoms with Crippen LogP contribution < -0.4 is 5.73 Å². The van der Waals surface area contributed by atoms with Crippen LogP contribution in [0.25, 0.3) is 0 Å². The molecule has 0 radical (unpaired) electrons. The highest BCUT2D eigenvalue weighted by Crippen LogP contribution is 2.24.